The number of ether oxygens (including phenoxy) is 3. The van der Waals surface area contributed by atoms with Crippen LogP contribution in [0.3, 0.4) is 0 Å². The first-order valence-corrected chi connectivity index (χ1v) is 7.46. The molecule has 0 aliphatic carbocycles. The fourth-order valence-corrected chi connectivity index (χ4v) is 2.17. The molecule has 0 aromatic heterocycles. The molecule has 4 heteroatoms. The number of benzene rings is 1. The van der Waals surface area contributed by atoms with Gasteiger partial charge >= 0.3 is 0 Å². The van der Waals surface area contributed by atoms with Crippen molar-refractivity contribution in [3.8, 4) is 17.2 Å². The summed E-state index contributed by atoms with van der Waals surface area (Å²) in [5.74, 6) is 3.21. The van der Waals surface area contributed by atoms with Crippen LogP contribution in [0.15, 0.2) is 12.1 Å². The van der Waals surface area contributed by atoms with Gasteiger partial charge in [0.1, 0.15) is 5.75 Å². The van der Waals surface area contributed by atoms with Gasteiger partial charge in [-0.15, -0.1) is 0 Å². The second-order valence-corrected chi connectivity index (χ2v) is 5.48. The van der Waals surface area contributed by atoms with E-state index in [-0.39, 0.29) is 0 Å². The molecule has 0 fully saturated rings. The zero-order valence-corrected chi connectivity index (χ0v) is 12.7. The van der Waals surface area contributed by atoms with Gasteiger partial charge in [-0.25, -0.2) is 0 Å². The fourth-order valence-electron chi connectivity index (χ4n) is 2.17. The van der Waals surface area contributed by atoms with Gasteiger partial charge in [0.15, 0.2) is 11.5 Å². The Bertz CT molecular complexity index is 432. The van der Waals surface area contributed by atoms with E-state index in [1.54, 1.807) is 0 Å². The van der Waals surface area contributed by atoms with E-state index in [9.17, 15) is 0 Å². The first kappa shape index (κ1) is 15.0. The van der Waals surface area contributed by atoms with Gasteiger partial charge in [0.25, 0.3) is 0 Å². The summed E-state index contributed by atoms with van der Waals surface area (Å²) in [6.45, 7) is 9.32. The maximum Gasteiger partial charge on any atom is 0.231 e. The Balaban J connectivity index is 2.00. The van der Waals surface area contributed by atoms with E-state index in [1.807, 2.05) is 12.1 Å². The molecule has 0 spiro atoms. The monoisotopic (exact) mass is 279 g/mol. The molecule has 1 heterocycles. The number of hydrogen-bond acceptors (Lipinski definition) is 4. The normalized spacial score (nSPS) is 13.0. The average molecular weight is 279 g/mol. The molecule has 0 saturated heterocycles. The number of nitrogens with one attached hydrogen (secondary N) is 1. The highest BCUT2D eigenvalue weighted by Gasteiger charge is 2.17. The first-order valence-electron chi connectivity index (χ1n) is 7.46. The minimum absolute atomic E-state index is 0.298. The molecule has 112 valence electrons. The highest BCUT2D eigenvalue weighted by atomic mass is 16.7. The van der Waals surface area contributed by atoms with E-state index in [0.29, 0.717) is 6.79 Å². The highest BCUT2D eigenvalue weighted by Crippen LogP contribution is 2.38. The largest absolute Gasteiger partial charge is 0.493 e. The predicted octanol–water partition coefficient (Wildman–Crippen LogP) is 3.34. The van der Waals surface area contributed by atoms with Crippen molar-refractivity contribution in [2.24, 2.45) is 5.92 Å². The summed E-state index contributed by atoms with van der Waals surface area (Å²) >= 11 is 0. The Morgan fingerprint density at radius 1 is 1.25 bits per heavy atom. The van der Waals surface area contributed by atoms with Crippen LogP contribution in [0.5, 0.6) is 17.2 Å². The SMILES string of the molecule is CCNCc1cc2c(cc1OCCCC(C)C)OCO2. The second-order valence-electron chi connectivity index (χ2n) is 5.48. The molecular formula is C16H25NO3. The Hall–Kier alpha value is -1.42. The van der Waals surface area contributed by atoms with Gasteiger partial charge in [-0.1, -0.05) is 20.8 Å². The van der Waals surface area contributed by atoms with Crippen LogP contribution < -0.4 is 19.5 Å². The van der Waals surface area contributed by atoms with Gasteiger partial charge in [-0.2, -0.15) is 0 Å². The Kier molecular flexibility index (Phi) is 5.53. The lowest BCUT2D eigenvalue weighted by molar-refractivity contribution is 0.173. The maximum atomic E-state index is 5.93. The molecular weight excluding hydrogens is 254 g/mol. The molecule has 0 bridgehead atoms. The summed E-state index contributed by atoms with van der Waals surface area (Å²) in [7, 11) is 0. The number of fused-ring (bicyclic) bond motifs is 1. The van der Waals surface area contributed by atoms with Crippen molar-refractivity contribution in [1.82, 2.24) is 5.32 Å². The van der Waals surface area contributed by atoms with E-state index in [0.717, 1.165) is 54.8 Å². The Labute approximate surface area is 121 Å². The molecule has 2 rings (SSSR count). The van der Waals surface area contributed by atoms with E-state index in [2.05, 4.69) is 26.1 Å². The summed E-state index contributed by atoms with van der Waals surface area (Å²) < 4.78 is 16.8. The molecule has 1 aliphatic rings. The van der Waals surface area contributed by atoms with Gasteiger partial charge in [0, 0.05) is 18.2 Å². The molecule has 0 amide bonds. The average Bonchev–Trinajstić information content (AvgIpc) is 2.87. The molecule has 1 N–H and O–H groups in total. The fraction of sp³-hybridized carbons (Fsp3) is 0.625. The predicted molar refractivity (Wildman–Crippen MR) is 79.5 cm³/mol. The highest BCUT2D eigenvalue weighted by molar-refractivity contribution is 5.51. The van der Waals surface area contributed by atoms with Crippen LogP contribution in [0.2, 0.25) is 0 Å². The minimum Gasteiger partial charge on any atom is -0.493 e. The van der Waals surface area contributed by atoms with E-state index in [1.165, 1.54) is 6.42 Å². The summed E-state index contributed by atoms with van der Waals surface area (Å²) in [4.78, 5) is 0. The zero-order chi connectivity index (χ0) is 14.4. The maximum absolute atomic E-state index is 5.93. The van der Waals surface area contributed by atoms with Crippen molar-refractivity contribution < 1.29 is 14.2 Å². The third-order valence-electron chi connectivity index (χ3n) is 3.30. The summed E-state index contributed by atoms with van der Waals surface area (Å²) in [5.41, 5.74) is 1.13. The lowest BCUT2D eigenvalue weighted by Crippen LogP contribution is -2.13. The first-order chi connectivity index (χ1) is 9.70. The minimum atomic E-state index is 0.298. The molecule has 1 aliphatic heterocycles. The Morgan fingerprint density at radius 3 is 2.70 bits per heavy atom. The second kappa shape index (κ2) is 7.39. The lowest BCUT2D eigenvalue weighted by atomic mass is 10.1. The molecule has 0 saturated carbocycles. The van der Waals surface area contributed by atoms with Crippen LogP contribution in [0.25, 0.3) is 0 Å². The van der Waals surface area contributed by atoms with Crippen LogP contribution in [0.1, 0.15) is 39.2 Å². The Morgan fingerprint density at radius 2 is 2.00 bits per heavy atom. The van der Waals surface area contributed by atoms with Gasteiger partial charge in [0.05, 0.1) is 6.61 Å². The molecule has 1 aromatic rings. The molecule has 0 unspecified atom stereocenters. The molecule has 1 aromatic carbocycles. The summed E-state index contributed by atoms with van der Waals surface area (Å²) in [6.07, 6.45) is 2.26. The van der Waals surface area contributed by atoms with Crippen molar-refractivity contribution in [2.75, 3.05) is 19.9 Å². The molecule has 4 nitrogen and oxygen atoms in total. The van der Waals surface area contributed by atoms with Gasteiger partial charge in [0.2, 0.25) is 6.79 Å². The van der Waals surface area contributed by atoms with E-state index < -0.39 is 0 Å². The molecule has 0 radical (unpaired) electrons. The van der Waals surface area contributed by atoms with Crippen LogP contribution in [0.4, 0.5) is 0 Å². The van der Waals surface area contributed by atoms with E-state index in [4.69, 9.17) is 14.2 Å². The van der Waals surface area contributed by atoms with E-state index >= 15 is 0 Å². The van der Waals surface area contributed by atoms with Gasteiger partial charge in [-0.05, 0) is 31.4 Å². The van der Waals surface area contributed by atoms with Crippen molar-refractivity contribution >= 4 is 0 Å². The van der Waals surface area contributed by atoms with Crippen LogP contribution >= 0.6 is 0 Å². The van der Waals surface area contributed by atoms with Crippen LogP contribution in [-0.2, 0) is 6.54 Å². The molecule has 0 atom stereocenters. The van der Waals surface area contributed by atoms with Crippen molar-refractivity contribution in [1.29, 1.82) is 0 Å². The van der Waals surface area contributed by atoms with Crippen molar-refractivity contribution in [3.63, 3.8) is 0 Å². The van der Waals surface area contributed by atoms with Crippen molar-refractivity contribution in [2.45, 2.75) is 40.2 Å². The smallest absolute Gasteiger partial charge is 0.231 e. The topological polar surface area (TPSA) is 39.7 Å². The van der Waals surface area contributed by atoms with Crippen LogP contribution in [-0.4, -0.2) is 19.9 Å². The van der Waals surface area contributed by atoms with Crippen molar-refractivity contribution in [3.05, 3.63) is 17.7 Å². The third kappa shape index (κ3) is 4.04. The zero-order valence-electron chi connectivity index (χ0n) is 12.7. The summed E-state index contributed by atoms with van der Waals surface area (Å²) in [5, 5.41) is 3.33. The quantitative estimate of drug-likeness (QED) is 0.741. The van der Waals surface area contributed by atoms with Crippen LogP contribution in [0, 0.1) is 5.92 Å². The third-order valence-corrected chi connectivity index (χ3v) is 3.30. The number of hydrogen-bond donors (Lipinski definition) is 1. The molecule has 20 heavy (non-hydrogen) atoms. The standard InChI is InChI=1S/C16H25NO3/c1-4-17-10-13-8-15-16(20-11-19-15)9-14(13)18-7-5-6-12(2)3/h8-9,12,17H,4-7,10-11H2,1-3H3. The summed E-state index contributed by atoms with van der Waals surface area (Å²) in [6, 6.07) is 3.97. The number of rotatable bonds is 8. The lowest BCUT2D eigenvalue weighted by Gasteiger charge is -2.13. The van der Waals surface area contributed by atoms with Gasteiger partial charge < -0.3 is 19.5 Å². The van der Waals surface area contributed by atoms with Gasteiger partial charge in [-0.3, -0.25) is 0 Å².